The molecular weight excluding hydrogens is 200 g/mol. The Hall–Kier alpha value is -1.57. The van der Waals surface area contributed by atoms with Crippen molar-refractivity contribution in [2.24, 2.45) is 5.92 Å². The predicted molar refractivity (Wildman–Crippen MR) is 66.4 cm³/mol. The first-order valence-corrected chi connectivity index (χ1v) is 5.44. The van der Waals surface area contributed by atoms with E-state index in [4.69, 9.17) is 5.11 Å². The minimum absolute atomic E-state index is 0.205. The third kappa shape index (κ3) is 2.96. The average Bonchev–Trinajstić information content (AvgIpc) is 2.18. The van der Waals surface area contributed by atoms with Gasteiger partial charge in [0, 0.05) is 6.08 Å². The van der Waals surface area contributed by atoms with Crippen molar-refractivity contribution in [3.8, 4) is 0 Å². The number of allylic oxidation sites excluding steroid dienone is 1. The van der Waals surface area contributed by atoms with E-state index < -0.39 is 5.97 Å². The minimum Gasteiger partial charge on any atom is -0.478 e. The van der Waals surface area contributed by atoms with Gasteiger partial charge in [-0.05, 0) is 36.5 Å². The molecule has 0 saturated heterocycles. The van der Waals surface area contributed by atoms with Crippen LogP contribution in [0.25, 0.3) is 5.57 Å². The van der Waals surface area contributed by atoms with Crippen molar-refractivity contribution in [3.05, 3.63) is 41.0 Å². The van der Waals surface area contributed by atoms with Crippen molar-refractivity contribution in [3.63, 3.8) is 0 Å². The molecule has 0 aromatic heterocycles. The molecule has 0 fully saturated rings. The molecule has 0 aliphatic carbocycles. The number of aryl methyl sites for hydroxylation is 2. The molecule has 86 valence electrons. The van der Waals surface area contributed by atoms with Crippen LogP contribution in [0.4, 0.5) is 0 Å². The molecule has 0 heterocycles. The van der Waals surface area contributed by atoms with Crippen LogP contribution in [0.2, 0.25) is 0 Å². The van der Waals surface area contributed by atoms with Crippen LogP contribution >= 0.6 is 0 Å². The van der Waals surface area contributed by atoms with E-state index in [1.165, 1.54) is 6.08 Å². The van der Waals surface area contributed by atoms with Crippen molar-refractivity contribution in [2.75, 3.05) is 0 Å². The summed E-state index contributed by atoms with van der Waals surface area (Å²) in [6.07, 6.45) is 1.31. The zero-order valence-electron chi connectivity index (χ0n) is 10.2. The fourth-order valence-electron chi connectivity index (χ4n) is 1.74. The number of rotatable bonds is 3. The quantitative estimate of drug-likeness (QED) is 0.789. The SMILES string of the molecule is Cc1ccc(C)c(/C(=C/C(=O)O)C(C)C)c1. The maximum absolute atomic E-state index is 10.8. The summed E-state index contributed by atoms with van der Waals surface area (Å²) in [7, 11) is 0. The number of carboxylic acid groups (broad SMARTS) is 1. The third-order valence-corrected chi connectivity index (χ3v) is 2.61. The summed E-state index contributed by atoms with van der Waals surface area (Å²) in [5.41, 5.74) is 4.19. The Balaban J connectivity index is 3.31. The van der Waals surface area contributed by atoms with E-state index in [1.807, 2.05) is 45.9 Å². The van der Waals surface area contributed by atoms with Crippen LogP contribution in [-0.4, -0.2) is 11.1 Å². The van der Waals surface area contributed by atoms with Gasteiger partial charge in [0.2, 0.25) is 0 Å². The molecule has 0 aliphatic heterocycles. The van der Waals surface area contributed by atoms with E-state index in [0.29, 0.717) is 0 Å². The molecule has 16 heavy (non-hydrogen) atoms. The summed E-state index contributed by atoms with van der Waals surface area (Å²) in [6, 6.07) is 6.12. The van der Waals surface area contributed by atoms with Crippen molar-refractivity contribution >= 4 is 11.5 Å². The zero-order valence-corrected chi connectivity index (χ0v) is 10.2. The molecule has 0 saturated carbocycles. The van der Waals surface area contributed by atoms with Gasteiger partial charge in [0.1, 0.15) is 0 Å². The van der Waals surface area contributed by atoms with Crippen LogP contribution < -0.4 is 0 Å². The molecule has 0 aliphatic rings. The highest BCUT2D eigenvalue weighted by molar-refractivity contribution is 5.91. The summed E-state index contributed by atoms with van der Waals surface area (Å²) < 4.78 is 0. The number of hydrogen-bond donors (Lipinski definition) is 1. The molecule has 0 spiro atoms. The summed E-state index contributed by atoms with van der Waals surface area (Å²) >= 11 is 0. The highest BCUT2D eigenvalue weighted by Crippen LogP contribution is 2.26. The number of carbonyl (C=O) groups is 1. The molecule has 0 radical (unpaired) electrons. The molecule has 1 rings (SSSR count). The summed E-state index contributed by atoms with van der Waals surface area (Å²) in [4.78, 5) is 10.8. The monoisotopic (exact) mass is 218 g/mol. The Morgan fingerprint density at radius 1 is 1.31 bits per heavy atom. The molecule has 0 unspecified atom stereocenters. The topological polar surface area (TPSA) is 37.3 Å². The average molecular weight is 218 g/mol. The number of aliphatic carboxylic acids is 1. The molecule has 0 amide bonds. The highest BCUT2D eigenvalue weighted by atomic mass is 16.4. The standard InChI is InChI=1S/C14H18O2/c1-9(2)12(8-14(15)16)13-7-10(3)5-6-11(13)4/h5-9H,1-4H3,(H,15,16)/b12-8+. The molecule has 1 aromatic rings. The van der Waals surface area contributed by atoms with Gasteiger partial charge in [-0.2, -0.15) is 0 Å². The lowest BCUT2D eigenvalue weighted by Crippen LogP contribution is -2.01. The van der Waals surface area contributed by atoms with Crippen LogP contribution in [0, 0.1) is 19.8 Å². The van der Waals surface area contributed by atoms with E-state index in [0.717, 1.165) is 22.3 Å². The minimum atomic E-state index is -0.885. The van der Waals surface area contributed by atoms with Gasteiger partial charge in [0.05, 0.1) is 0 Å². The lowest BCUT2D eigenvalue weighted by atomic mass is 9.91. The molecule has 2 heteroatoms. The molecular formula is C14H18O2. The second-order valence-electron chi connectivity index (χ2n) is 4.41. The highest BCUT2D eigenvalue weighted by Gasteiger charge is 2.11. The molecule has 0 bridgehead atoms. The predicted octanol–water partition coefficient (Wildman–Crippen LogP) is 3.43. The first-order chi connectivity index (χ1) is 7.41. The largest absolute Gasteiger partial charge is 0.478 e. The van der Waals surface area contributed by atoms with E-state index in [1.54, 1.807) is 0 Å². The lowest BCUT2D eigenvalue weighted by Gasteiger charge is -2.14. The van der Waals surface area contributed by atoms with Crippen LogP contribution in [0.15, 0.2) is 24.3 Å². The second kappa shape index (κ2) is 4.97. The Kier molecular flexibility index (Phi) is 3.88. The fraction of sp³-hybridized carbons (Fsp3) is 0.357. The van der Waals surface area contributed by atoms with Crippen molar-refractivity contribution in [2.45, 2.75) is 27.7 Å². The molecule has 1 N–H and O–H groups in total. The van der Waals surface area contributed by atoms with E-state index in [9.17, 15) is 4.79 Å². The Labute approximate surface area is 96.6 Å². The van der Waals surface area contributed by atoms with Gasteiger partial charge in [0.15, 0.2) is 0 Å². The summed E-state index contributed by atoms with van der Waals surface area (Å²) in [5, 5.41) is 8.88. The van der Waals surface area contributed by atoms with E-state index >= 15 is 0 Å². The Bertz CT molecular complexity index is 428. The number of hydrogen-bond acceptors (Lipinski definition) is 1. The lowest BCUT2D eigenvalue weighted by molar-refractivity contribution is -0.131. The van der Waals surface area contributed by atoms with Gasteiger partial charge < -0.3 is 5.11 Å². The zero-order chi connectivity index (χ0) is 12.3. The molecule has 1 aromatic carbocycles. The van der Waals surface area contributed by atoms with Gasteiger partial charge in [0.25, 0.3) is 0 Å². The van der Waals surface area contributed by atoms with Crippen molar-refractivity contribution < 1.29 is 9.90 Å². The van der Waals surface area contributed by atoms with E-state index in [-0.39, 0.29) is 5.92 Å². The summed E-state index contributed by atoms with van der Waals surface area (Å²) in [6.45, 7) is 8.04. The van der Waals surface area contributed by atoms with Gasteiger partial charge in [-0.15, -0.1) is 0 Å². The van der Waals surface area contributed by atoms with Crippen molar-refractivity contribution in [1.29, 1.82) is 0 Å². The maximum atomic E-state index is 10.8. The number of carboxylic acids is 1. The van der Waals surface area contributed by atoms with Gasteiger partial charge in [-0.1, -0.05) is 37.6 Å². The second-order valence-corrected chi connectivity index (χ2v) is 4.41. The first-order valence-electron chi connectivity index (χ1n) is 5.44. The smallest absolute Gasteiger partial charge is 0.328 e. The van der Waals surface area contributed by atoms with Gasteiger partial charge >= 0.3 is 5.97 Å². The van der Waals surface area contributed by atoms with Gasteiger partial charge in [-0.3, -0.25) is 0 Å². The van der Waals surface area contributed by atoms with Crippen molar-refractivity contribution in [1.82, 2.24) is 0 Å². The van der Waals surface area contributed by atoms with Crippen LogP contribution in [-0.2, 0) is 4.79 Å². The third-order valence-electron chi connectivity index (χ3n) is 2.61. The molecule has 0 atom stereocenters. The maximum Gasteiger partial charge on any atom is 0.328 e. The van der Waals surface area contributed by atoms with Gasteiger partial charge in [-0.25, -0.2) is 4.79 Å². The van der Waals surface area contributed by atoms with E-state index in [2.05, 4.69) is 0 Å². The van der Waals surface area contributed by atoms with Crippen LogP contribution in [0.5, 0.6) is 0 Å². The van der Waals surface area contributed by atoms with Crippen LogP contribution in [0.1, 0.15) is 30.5 Å². The first kappa shape index (κ1) is 12.5. The van der Waals surface area contributed by atoms with Crippen LogP contribution in [0.3, 0.4) is 0 Å². The normalized spacial score (nSPS) is 11.9. The number of benzene rings is 1. The summed E-state index contributed by atoms with van der Waals surface area (Å²) in [5.74, 6) is -0.679. The Morgan fingerprint density at radius 3 is 2.44 bits per heavy atom. The fourth-order valence-corrected chi connectivity index (χ4v) is 1.74. The molecule has 2 nitrogen and oxygen atoms in total. The Morgan fingerprint density at radius 2 is 1.94 bits per heavy atom.